The Morgan fingerprint density at radius 3 is 2.24 bits per heavy atom. The van der Waals surface area contributed by atoms with Crippen LogP contribution in [0.5, 0.6) is 11.5 Å². The van der Waals surface area contributed by atoms with Crippen molar-refractivity contribution in [3.8, 4) is 11.5 Å². The van der Waals surface area contributed by atoms with E-state index in [1.165, 1.54) is 31.1 Å². The summed E-state index contributed by atoms with van der Waals surface area (Å²) in [5.41, 5.74) is 2.50. The van der Waals surface area contributed by atoms with Crippen molar-refractivity contribution in [3.05, 3.63) is 83.7 Å². The first-order chi connectivity index (χ1) is 18.2. The van der Waals surface area contributed by atoms with Crippen molar-refractivity contribution >= 4 is 27.5 Å². The Balaban J connectivity index is 2.00. The lowest BCUT2D eigenvalue weighted by molar-refractivity contribution is 0.206. The third-order valence-electron chi connectivity index (χ3n) is 6.03. The molecule has 0 saturated carbocycles. The fourth-order valence-corrected chi connectivity index (χ4v) is 4.44. The molecule has 3 aromatic rings. The summed E-state index contributed by atoms with van der Waals surface area (Å²) >= 11 is 0. The van der Waals surface area contributed by atoms with E-state index in [9.17, 15) is 17.6 Å². The van der Waals surface area contributed by atoms with Crippen LogP contribution in [0.15, 0.2) is 66.7 Å². The number of methoxy groups -OCH3 is 1. The molecule has 2 amide bonds. The number of nitrogens with one attached hydrogen (secondary N) is 1. The van der Waals surface area contributed by atoms with E-state index in [2.05, 4.69) is 10.2 Å². The van der Waals surface area contributed by atoms with Gasteiger partial charge >= 0.3 is 16.1 Å². The molecule has 0 heterocycles. The number of para-hydroxylation sites is 2. The second-order valence-electron chi connectivity index (χ2n) is 8.51. The molecular formula is C28H34FN3O5S. The quantitative estimate of drug-likeness (QED) is 0.297. The number of benzene rings is 3. The van der Waals surface area contributed by atoms with E-state index in [1.807, 2.05) is 19.9 Å². The molecular weight excluding hydrogens is 509 g/mol. The van der Waals surface area contributed by atoms with Gasteiger partial charge in [0.2, 0.25) is 0 Å². The van der Waals surface area contributed by atoms with Gasteiger partial charge in [0.25, 0.3) is 0 Å². The van der Waals surface area contributed by atoms with E-state index in [4.69, 9.17) is 8.92 Å². The summed E-state index contributed by atoms with van der Waals surface area (Å²) in [7, 11) is -2.31. The van der Waals surface area contributed by atoms with Gasteiger partial charge < -0.3 is 24.0 Å². The Hall–Kier alpha value is -3.79. The zero-order valence-corrected chi connectivity index (χ0v) is 22.9. The summed E-state index contributed by atoms with van der Waals surface area (Å²) in [4.78, 5) is 17.1. The van der Waals surface area contributed by atoms with Crippen LogP contribution in [-0.4, -0.2) is 45.3 Å². The maximum Gasteiger partial charge on any atom is 0.322 e. The standard InChI is InChI=1S/C28H34FN3O5S/c1-5-31(6-2)24-17-14-22(27(18-24)37-38(34,35)7-3)20-32(19-21-12-15-23(29)16-13-21)28(33)30-25-10-8-9-11-26(25)36-4/h8-18H,5-7,19-20H2,1-4H3,(H,30,33). The summed E-state index contributed by atoms with van der Waals surface area (Å²) < 4.78 is 49.2. The summed E-state index contributed by atoms with van der Waals surface area (Å²) in [6.45, 7) is 7.15. The molecule has 0 aliphatic carbocycles. The third-order valence-corrected chi connectivity index (χ3v) is 7.17. The van der Waals surface area contributed by atoms with Crippen LogP contribution >= 0.6 is 0 Å². The number of amides is 2. The fraction of sp³-hybridized carbons (Fsp3) is 0.321. The summed E-state index contributed by atoms with van der Waals surface area (Å²) in [6, 6.07) is 17.7. The first-order valence-corrected chi connectivity index (χ1v) is 14.0. The maximum atomic E-state index is 13.5. The lowest BCUT2D eigenvalue weighted by Gasteiger charge is -2.26. The smallest absolute Gasteiger partial charge is 0.322 e. The van der Waals surface area contributed by atoms with Crippen LogP contribution in [0.3, 0.4) is 0 Å². The molecule has 0 spiro atoms. The van der Waals surface area contributed by atoms with Crippen LogP contribution in [0.4, 0.5) is 20.6 Å². The third kappa shape index (κ3) is 7.61. The highest BCUT2D eigenvalue weighted by Crippen LogP contribution is 2.30. The van der Waals surface area contributed by atoms with E-state index in [0.29, 0.717) is 22.6 Å². The van der Waals surface area contributed by atoms with E-state index < -0.39 is 16.1 Å². The number of hydrogen-bond acceptors (Lipinski definition) is 6. The Kier molecular flexibility index (Phi) is 9.95. The lowest BCUT2D eigenvalue weighted by atomic mass is 10.1. The normalized spacial score (nSPS) is 11.1. The summed E-state index contributed by atoms with van der Waals surface area (Å²) in [5.74, 6) is 0.0658. The molecule has 204 valence electrons. The van der Waals surface area contributed by atoms with Crippen molar-refractivity contribution in [1.29, 1.82) is 0 Å². The fourth-order valence-electron chi connectivity index (χ4n) is 3.89. The molecule has 8 nitrogen and oxygen atoms in total. The minimum Gasteiger partial charge on any atom is -0.495 e. The van der Waals surface area contributed by atoms with Crippen molar-refractivity contribution in [2.24, 2.45) is 0 Å². The number of urea groups is 1. The first-order valence-electron chi connectivity index (χ1n) is 12.4. The molecule has 38 heavy (non-hydrogen) atoms. The highest BCUT2D eigenvalue weighted by Gasteiger charge is 2.21. The van der Waals surface area contributed by atoms with Gasteiger partial charge in [0.05, 0.1) is 25.1 Å². The molecule has 0 aromatic heterocycles. The van der Waals surface area contributed by atoms with Crippen molar-refractivity contribution in [3.63, 3.8) is 0 Å². The van der Waals surface area contributed by atoms with E-state index in [1.54, 1.807) is 48.5 Å². The minimum atomic E-state index is -3.82. The predicted octanol–water partition coefficient (Wildman–Crippen LogP) is 5.64. The van der Waals surface area contributed by atoms with E-state index in [0.717, 1.165) is 18.8 Å². The van der Waals surface area contributed by atoms with Crippen LogP contribution in [0, 0.1) is 5.82 Å². The molecule has 3 aromatic carbocycles. The average molecular weight is 544 g/mol. The van der Waals surface area contributed by atoms with E-state index >= 15 is 0 Å². The molecule has 0 bridgehead atoms. The van der Waals surface area contributed by atoms with Gasteiger partial charge in [-0.05, 0) is 56.7 Å². The zero-order valence-electron chi connectivity index (χ0n) is 22.1. The number of carbonyl (C=O) groups is 1. The molecule has 0 aliphatic rings. The Morgan fingerprint density at radius 2 is 1.61 bits per heavy atom. The Morgan fingerprint density at radius 1 is 0.921 bits per heavy atom. The van der Waals surface area contributed by atoms with Crippen LogP contribution in [0.25, 0.3) is 0 Å². The van der Waals surface area contributed by atoms with Gasteiger partial charge in [-0.2, -0.15) is 8.42 Å². The van der Waals surface area contributed by atoms with Crippen LogP contribution in [-0.2, 0) is 23.2 Å². The first kappa shape index (κ1) is 28.8. The second-order valence-corrected chi connectivity index (χ2v) is 10.4. The number of halogens is 1. The van der Waals surface area contributed by atoms with Crippen molar-refractivity contribution in [1.82, 2.24) is 4.90 Å². The van der Waals surface area contributed by atoms with Crippen LogP contribution < -0.4 is 19.1 Å². The number of anilines is 2. The van der Waals surface area contributed by atoms with Gasteiger partial charge in [-0.3, -0.25) is 0 Å². The molecule has 0 aliphatic heterocycles. The van der Waals surface area contributed by atoms with Gasteiger partial charge in [0, 0.05) is 37.0 Å². The highest BCUT2D eigenvalue weighted by atomic mass is 32.2. The highest BCUT2D eigenvalue weighted by molar-refractivity contribution is 7.87. The molecule has 0 unspecified atom stereocenters. The SMILES string of the molecule is CCN(CC)c1ccc(CN(Cc2ccc(F)cc2)C(=O)Nc2ccccc2OC)c(OS(=O)(=O)CC)c1. The molecule has 0 radical (unpaired) electrons. The molecule has 0 atom stereocenters. The van der Waals surface area contributed by atoms with Crippen molar-refractivity contribution < 1.29 is 26.5 Å². The minimum absolute atomic E-state index is 0.0332. The molecule has 10 heteroatoms. The lowest BCUT2D eigenvalue weighted by Crippen LogP contribution is -2.34. The van der Waals surface area contributed by atoms with Gasteiger partial charge in [0.1, 0.15) is 17.3 Å². The molecule has 0 fully saturated rings. The monoisotopic (exact) mass is 543 g/mol. The molecule has 1 N–H and O–H groups in total. The second kappa shape index (κ2) is 13.1. The number of carbonyl (C=O) groups excluding carboxylic acids is 1. The number of rotatable bonds is 12. The summed E-state index contributed by atoms with van der Waals surface area (Å²) in [6.07, 6.45) is 0. The maximum absolute atomic E-state index is 13.5. The van der Waals surface area contributed by atoms with Gasteiger partial charge in [-0.25, -0.2) is 9.18 Å². The molecule has 0 saturated heterocycles. The predicted molar refractivity (Wildman–Crippen MR) is 148 cm³/mol. The van der Waals surface area contributed by atoms with Crippen LogP contribution in [0.1, 0.15) is 31.9 Å². The van der Waals surface area contributed by atoms with Crippen molar-refractivity contribution in [2.75, 3.05) is 36.2 Å². The number of hydrogen-bond donors (Lipinski definition) is 1. The average Bonchev–Trinajstić information content (AvgIpc) is 2.91. The summed E-state index contributed by atoms with van der Waals surface area (Å²) in [5, 5.41) is 2.86. The van der Waals surface area contributed by atoms with Gasteiger partial charge in [0.15, 0.2) is 0 Å². The van der Waals surface area contributed by atoms with Gasteiger partial charge in [-0.1, -0.05) is 30.3 Å². The topological polar surface area (TPSA) is 88.2 Å². The van der Waals surface area contributed by atoms with E-state index in [-0.39, 0.29) is 30.4 Å². The Labute approximate surface area is 224 Å². The van der Waals surface area contributed by atoms with Gasteiger partial charge in [-0.15, -0.1) is 0 Å². The largest absolute Gasteiger partial charge is 0.495 e. The van der Waals surface area contributed by atoms with Crippen molar-refractivity contribution in [2.45, 2.75) is 33.9 Å². The zero-order chi connectivity index (χ0) is 27.7. The number of ether oxygens (including phenoxy) is 1. The molecule has 3 rings (SSSR count). The number of nitrogens with zero attached hydrogens (tertiary/aromatic N) is 2. The Bertz CT molecular complexity index is 1330. The van der Waals surface area contributed by atoms with Crippen LogP contribution in [0.2, 0.25) is 0 Å².